The molecule has 0 fully saturated rings. The molecule has 0 aliphatic heterocycles. The zero-order valence-electron chi connectivity index (χ0n) is 6.28. The van der Waals surface area contributed by atoms with Gasteiger partial charge in [0.1, 0.15) is 0 Å². The Labute approximate surface area is 66.6 Å². The fourth-order valence-electron chi connectivity index (χ4n) is 0.547. The molecule has 0 aliphatic rings. The second kappa shape index (κ2) is 5.48. The van der Waals surface area contributed by atoms with Gasteiger partial charge in [-0.15, -0.1) is 0 Å². The van der Waals surface area contributed by atoms with E-state index in [1.807, 2.05) is 0 Å². The van der Waals surface area contributed by atoms with Crippen molar-refractivity contribution in [3.05, 3.63) is 0 Å². The molecule has 0 aromatic carbocycles. The first kappa shape index (κ1) is 10.8. The van der Waals surface area contributed by atoms with Gasteiger partial charge in [0, 0.05) is 6.54 Å². The number of aliphatic hydroxyl groups is 1. The highest BCUT2D eigenvalue weighted by molar-refractivity contribution is 7.89. The van der Waals surface area contributed by atoms with Crippen LogP contribution in [-0.2, 0) is 10.0 Å². The second-order valence-corrected chi connectivity index (χ2v) is 4.01. The molecule has 0 aliphatic carbocycles. The van der Waals surface area contributed by atoms with Crippen LogP contribution in [0.25, 0.3) is 0 Å². The predicted octanol–water partition coefficient (Wildman–Crippen LogP) is -1.75. The van der Waals surface area contributed by atoms with Gasteiger partial charge in [-0.3, -0.25) is 0 Å². The highest BCUT2D eigenvalue weighted by Crippen LogP contribution is 1.86. The van der Waals surface area contributed by atoms with Crippen molar-refractivity contribution in [3.8, 4) is 0 Å². The third-order valence-corrected chi connectivity index (χ3v) is 2.52. The van der Waals surface area contributed by atoms with Gasteiger partial charge in [-0.05, 0) is 13.0 Å². The largest absolute Gasteiger partial charge is 0.395 e. The van der Waals surface area contributed by atoms with Gasteiger partial charge in [0.05, 0.1) is 12.4 Å². The number of aliphatic hydroxyl groups excluding tert-OH is 1. The van der Waals surface area contributed by atoms with Crippen molar-refractivity contribution in [3.63, 3.8) is 0 Å². The number of sulfonamides is 1. The lowest BCUT2D eigenvalue weighted by atomic mass is 10.5. The molecule has 11 heavy (non-hydrogen) atoms. The maximum Gasteiger partial charge on any atom is 0.211 e. The molecule has 6 heteroatoms. The van der Waals surface area contributed by atoms with Crippen LogP contribution in [0.4, 0.5) is 0 Å². The Morgan fingerprint density at radius 2 is 2.09 bits per heavy atom. The van der Waals surface area contributed by atoms with Gasteiger partial charge in [0.25, 0.3) is 0 Å². The molecule has 4 N–H and O–H groups in total. The monoisotopic (exact) mass is 182 g/mol. The van der Waals surface area contributed by atoms with Crippen molar-refractivity contribution in [2.75, 3.05) is 25.4 Å². The van der Waals surface area contributed by atoms with Crippen LogP contribution in [0.5, 0.6) is 0 Å². The molecule has 0 heterocycles. The molecule has 0 radical (unpaired) electrons. The molecular formula is C5H14N2O3S. The quantitative estimate of drug-likeness (QED) is 0.454. The fourth-order valence-corrected chi connectivity index (χ4v) is 1.64. The molecule has 0 unspecified atom stereocenters. The zero-order valence-corrected chi connectivity index (χ0v) is 7.10. The van der Waals surface area contributed by atoms with E-state index in [9.17, 15) is 8.42 Å². The Balaban J connectivity index is 3.63. The van der Waals surface area contributed by atoms with Crippen molar-refractivity contribution in [1.29, 1.82) is 0 Å². The highest BCUT2D eigenvalue weighted by Gasteiger charge is 2.06. The van der Waals surface area contributed by atoms with E-state index in [4.69, 9.17) is 10.8 Å². The van der Waals surface area contributed by atoms with Crippen molar-refractivity contribution in [2.24, 2.45) is 5.73 Å². The first-order valence-electron chi connectivity index (χ1n) is 3.40. The lowest BCUT2D eigenvalue weighted by Gasteiger charge is -2.02. The Morgan fingerprint density at radius 3 is 2.55 bits per heavy atom. The summed E-state index contributed by atoms with van der Waals surface area (Å²) in [6.07, 6.45) is 0.445. The van der Waals surface area contributed by atoms with Gasteiger partial charge in [-0.25, -0.2) is 13.1 Å². The summed E-state index contributed by atoms with van der Waals surface area (Å²) >= 11 is 0. The lowest BCUT2D eigenvalue weighted by molar-refractivity contribution is 0.301. The molecule has 0 saturated carbocycles. The molecule has 0 saturated heterocycles. The molecule has 0 bridgehead atoms. The number of hydrogen-bond donors (Lipinski definition) is 3. The topological polar surface area (TPSA) is 92.4 Å². The second-order valence-electron chi connectivity index (χ2n) is 2.08. The van der Waals surface area contributed by atoms with E-state index in [0.717, 1.165) is 0 Å². The van der Waals surface area contributed by atoms with E-state index in [-0.39, 0.29) is 18.9 Å². The predicted molar refractivity (Wildman–Crippen MR) is 42.5 cm³/mol. The van der Waals surface area contributed by atoms with Gasteiger partial charge in [0.15, 0.2) is 0 Å². The van der Waals surface area contributed by atoms with E-state index < -0.39 is 10.0 Å². The maximum absolute atomic E-state index is 10.9. The first-order chi connectivity index (χ1) is 5.12. The fraction of sp³-hybridized carbons (Fsp3) is 1.00. The Bertz CT molecular complexity index is 164. The van der Waals surface area contributed by atoms with Crippen LogP contribution in [-0.4, -0.2) is 39.0 Å². The van der Waals surface area contributed by atoms with Crippen LogP contribution >= 0.6 is 0 Å². The molecule has 0 aromatic rings. The minimum atomic E-state index is -3.20. The van der Waals surface area contributed by atoms with E-state index in [2.05, 4.69) is 4.72 Å². The molecule has 5 nitrogen and oxygen atoms in total. The normalized spacial score (nSPS) is 11.8. The van der Waals surface area contributed by atoms with E-state index in [0.29, 0.717) is 13.0 Å². The summed E-state index contributed by atoms with van der Waals surface area (Å²) in [6.45, 7) is 0.259. The number of hydrogen-bond acceptors (Lipinski definition) is 4. The summed E-state index contributed by atoms with van der Waals surface area (Å²) in [5.41, 5.74) is 5.12. The van der Waals surface area contributed by atoms with Crippen molar-refractivity contribution in [2.45, 2.75) is 6.42 Å². The molecule has 0 rings (SSSR count). The van der Waals surface area contributed by atoms with Crippen molar-refractivity contribution < 1.29 is 13.5 Å². The van der Waals surface area contributed by atoms with Gasteiger partial charge >= 0.3 is 0 Å². The number of nitrogens with one attached hydrogen (secondary N) is 1. The average Bonchev–Trinajstić information content (AvgIpc) is 1.97. The molecule has 68 valence electrons. The van der Waals surface area contributed by atoms with Crippen LogP contribution in [0.1, 0.15) is 6.42 Å². The number of rotatable bonds is 6. The van der Waals surface area contributed by atoms with Crippen LogP contribution in [0.2, 0.25) is 0 Å². The SMILES string of the molecule is NCCCS(=O)(=O)NCCO. The summed E-state index contributed by atoms with van der Waals surface area (Å²) in [5, 5.41) is 8.30. The van der Waals surface area contributed by atoms with Gasteiger partial charge in [-0.1, -0.05) is 0 Å². The molecule has 0 spiro atoms. The summed E-state index contributed by atoms with van der Waals surface area (Å²) in [6, 6.07) is 0. The third kappa shape index (κ3) is 6.24. The van der Waals surface area contributed by atoms with Gasteiger partial charge < -0.3 is 10.8 Å². The summed E-state index contributed by atoms with van der Waals surface area (Å²) < 4.78 is 24.0. The third-order valence-electron chi connectivity index (χ3n) is 1.05. The Kier molecular flexibility index (Phi) is 5.39. The molecule has 0 atom stereocenters. The van der Waals surface area contributed by atoms with Crippen LogP contribution in [0, 0.1) is 0 Å². The van der Waals surface area contributed by atoms with E-state index in [1.165, 1.54) is 0 Å². The standard InChI is InChI=1S/C5H14N2O3S/c6-2-1-5-11(9,10)7-3-4-8/h7-8H,1-6H2. The summed E-state index contributed by atoms with van der Waals surface area (Å²) in [7, 11) is -3.20. The maximum atomic E-state index is 10.9. The van der Waals surface area contributed by atoms with Crippen LogP contribution < -0.4 is 10.5 Å². The van der Waals surface area contributed by atoms with Gasteiger partial charge in [-0.2, -0.15) is 0 Å². The molecule has 0 aromatic heterocycles. The van der Waals surface area contributed by atoms with E-state index in [1.54, 1.807) is 0 Å². The molecule has 0 amide bonds. The summed E-state index contributed by atoms with van der Waals surface area (Å²) in [5.74, 6) is 0.0312. The number of nitrogens with two attached hydrogens (primary N) is 1. The van der Waals surface area contributed by atoms with E-state index >= 15 is 0 Å². The van der Waals surface area contributed by atoms with Crippen LogP contribution in [0.3, 0.4) is 0 Å². The molecular weight excluding hydrogens is 168 g/mol. The average molecular weight is 182 g/mol. The minimum Gasteiger partial charge on any atom is -0.395 e. The Hall–Kier alpha value is -0.170. The van der Waals surface area contributed by atoms with Crippen molar-refractivity contribution >= 4 is 10.0 Å². The Morgan fingerprint density at radius 1 is 1.45 bits per heavy atom. The lowest BCUT2D eigenvalue weighted by Crippen LogP contribution is -2.29. The zero-order chi connectivity index (χ0) is 8.74. The van der Waals surface area contributed by atoms with Crippen LogP contribution in [0.15, 0.2) is 0 Å². The van der Waals surface area contributed by atoms with Gasteiger partial charge in [0.2, 0.25) is 10.0 Å². The highest BCUT2D eigenvalue weighted by atomic mass is 32.2. The van der Waals surface area contributed by atoms with Crippen molar-refractivity contribution in [1.82, 2.24) is 4.72 Å². The minimum absolute atomic E-state index is 0.0312. The summed E-state index contributed by atoms with van der Waals surface area (Å²) in [4.78, 5) is 0. The first-order valence-corrected chi connectivity index (χ1v) is 5.06. The smallest absolute Gasteiger partial charge is 0.211 e.